The fourth-order valence-electron chi connectivity index (χ4n) is 3.29. The first-order valence-corrected chi connectivity index (χ1v) is 7.79. The van der Waals surface area contributed by atoms with Gasteiger partial charge >= 0.3 is 6.18 Å². The molecule has 1 aliphatic rings. The summed E-state index contributed by atoms with van der Waals surface area (Å²) in [6, 6.07) is 4.07. The van der Waals surface area contributed by atoms with Crippen molar-refractivity contribution in [3.05, 3.63) is 57.6 Å². The lowest BCUT2D eigenvalue weighted by molar-refractivity contribution is -0.181. The number of unbranched alkanes of at least 4 members (excludes halogenated alkanes) is 1. The molecule has 1 atom stereocenters. The third kappa shape index (κ3) is 2.47. The highest BCUT2D eigenvalue weighted by Crippen LogP contribution is 2.55. The van der Waals surface area contributed by atoms with Crippen LogP contribution in [0.25, 0.3) is 4.85 Å². The zero-order chi connectivity index (χ0) is 18.2. The van der Waals surface area contributed by atoms with Crippen LogP contribution < -0.4 is 10.9 Å². The van der Waals surface area contributed by atoms with E-state index < -0.39 is 17.2 Å². The van der Waals surface area contributed by atoms with Crippen LogP contribution in [0.5, 0.6) is 0 Å². The smallest absolute Gasteiger partial charge is 0.349 e. The Hall–Kier alpha value is -2.82. The molecule has 0 bridgehead atoms. The predicted molar refractivity (Wildman–Crippen MR) is 87.2 cm³/mol. The summed E-state index contributed by atoms with van der Waals surface area (Å²) in [6.45, 7) is 8.92. The Morgan fingerprint density at radius 3 is 2.76 bits per heavy atom. The summed E-state index contributed by atoms with van der Waals surface area (Å²) in [5.41, 5.74) is -3.40. The number of hydrogen-bond donors (Lipinski definition) is 2. The van der Waals surface area contributed by atoms with Crippen LogP contribution in [-0.2, 0) is 5.41 Å². The van der Waals surface area contributed by atoms with Crippen LogP contribution >= 0.6 is 0 Å². The van der Waals surface area contributed by atoms with Gasteiger partial charge in [-0.3, -0.25) is 4.79 Å². The molecule has 0 saturated carbocycles. The van der Waals surface area contributed by atoms with Gasteiger partial charge in [0.1, 0.15) is 11.1 Å². The lowest BCUT2D eigenvalue weighted by Gasteiger charge is -2.41. The molecule has 1 aromatic carbocycles. The Labute approximate surface area is 141 Å². The maximum Gasteiger partial charge on any atom is 0.404 e. The minimum Gasteiger partial charge on any atom is -0.349 e. The van der Waals surface area contributed by atoms with Crippen LogP contribution in [0.3, 0.4) is 0 Å². The van der Waals surface area contributed by atoms with Crippen LogP contribution in [0.15, 0.2) is 29.3 Å². The minimum absolute atomic E-state index is 0.0625. The van der Waals surface area contributed by atoms with Crippen molar-refractivity contribution in [2.45, 2.75) is 37.8 Å². The molecule has 0 amide bonds. The van der Waals surface area contributed by atoms with Gasteiger partial charge in [-0.2, -0.15) is 13.2 Å². The van der Waals surface area contributed by atoms with Gasteiger partial charge < -0.3 is 10.3 Å². The standard InChI is InChI=1S/C17H15F3N4O/c1-3-4-7-16(17(18,19)20)11-8-10(21-2)5-6-12(11)24-13-14(16)22-9-23-15(13)25/h5-6,8-9,24H,3-4,7H2,1H3,(H,22,23,25). The molecule has 0 fully saturated rings. The third-order valence-corrected chi connectivity index (χ3v) is 4.50. The Balaban J connectivity index is 2.41. The van der Waals surface area contributed by atoms with Gasteiger partial charge in [0.25, 0.3) is 5.56 Å². The third-order valence-electron chi connectivity index (χ3n) is 4.50. The number of aromatic amines is 1. The monoisotopic (exact) mass is 348 g/mol. The molecule has 5 nitrogen and oxygen atoms in total. The molecule has 25 heavy (non-hydrogen) atoms. The molecule has 0 radical (unpaired) electrons. The molecule has 0 aliphatic carbocycles. The fourth-order valence-corrected chi connectivity index (χ4v) is 3.29. The quantitative estimate of drug-likeness (QED) is 0.808. The van der Waals surface area contributed by atoms with E-state index in [1.807, 2.05) is 0 Å². The second kappa shape index (κ2) is 5.92. The average molecular weight is 348 g/mol. The number of anilines is 2. The summed E-state index contributed by atoms with van der Waals surface area (Å²) >= 11 is 0. The number of nitrogens with zero attached hydrogens (tertiary/aromatic N) is 2. The second-order valence-electron chi connectivity index (χ2n) is 5.93. The number of benzene rings is 1. The van der Waals surface area contributed by atoms with Gasteiger partial charge in [-0.25, -0.2) is 9.83 Å². The largest absolute Gasteiger partial charge is 0.404 e. The number of H-pyrrole nitrogens is 1. The lowest BCUT2D eigenvalue weighted by atomic mass is 9.70. The van der Waals surface area contributed by atoms with Crippen molar-refractivity contribution in [1.82, 2.24) is 9.97 Å². The van der Waals surface area contributed by atoms with Crippen LogP contribution in [0.2, 0.25) is 0 Å². The number of alkyl halides is 3. The van der Waals surface area contributed by atoms with Crippen molar-refractivity contribution in [3.8, 4) is 0 Å². The van der Waals surface area contributed by atoms with Crippen LogP contribution in [0.4, 0.5) is 30.2 Å². The summed E-state index contributed by atoms with van der Waals surface area (Å²) in [5, 5.41) is 2.75. The molecule has 1 aromatic heterocycles. The van der Waals surface area contributed by atoms with Gasteiger partial charge in [-0.05, 0) is 24.1 Å². The maximum absolute atomic E-state index is 14.4. The highest BCUT2D eigenvalue weighted by molar-refractivity contribution is 5.76. The minimum atomic E-state index is -4.67. The number of aromatic nitrogens is 2. The van der Waals surface area contributed by atoms with Crippen LogP contribution in [0.1, 0.15) is 37.4 Å². The highest BCUT2D eigenvalue weighted by atomic mass is 19.4. The summed E-state index contributed by atoms with van der Waals surface area (Å²) in [5.74, 6) is 0. The molecular formula is C17H15F3N4O. The molecule has 0 spiro atoms. The van der Waals surface area contributed by atoms with E-state index in [1.165, 1.54) is 18.2 Å². The van der Waals surface area contributed by atoms with E-state index in [2.05, 4.69) is 20.1 Å². The molecule has 0 saturated heterocycles. The van der Waals surface area contributed by atoms with Crippen molar-refractivity contribution >= 4 is 17.1 Å². The topological polar surface area (TPSA) is 62.1 Å². The Morgan fingerprint density at radius 1 is 1.36 bits per heavy atom. The predicted octanol–water partition coefficient (Wildman–Crippen LogP) is 4.42. The van der Waals surface area contributed by atoms with Crippen molar-refractivity contribution in [2.75, 3.05) is 5.32 Å². The molecule has 2 aromatic rings. The molecule has 3 rings (SSSR count). The SMILES string of the molecule is [C-]#[N+]c1ccc2c(c1)C(CCCC)(C(F)(F)F)c1nc[nH]c(=O)c1N2. The Bertz CT molecular complexity index is 913. The van der Waals surface area contributed by atoms with E-state index >= 15 is 0 Å². The van der Waals surface area contributed by atoms with Gasteiger partial charge in [0, 0.05) is 5.69 Å². The lowest BCUT2D eigenvalue weighted by Crippen LogP contribution is -2.47. The normalized spacial score (nSPS) is 18.7. The second-order valence-corrected chi connectivity index (χ2v) is 5.93. The van der Waals surface area contributed by atoms with Gasteiger partial charge in [0.2, 0.25) is 0 Å². The van der Waals surface area contributed by atoms with Crippen LogP contribution in [-0.4, -0.2) is 16.1 Å². The van der Waals surface area contributed by atoms with Gasteiger partial charge in [-0.15, -0.1) is 0 Å². The van der Waals surface area contributed by atoms with Crippen LogP contribution in [0, 0.1) is 6.57 Å². The fraction of sp³-hybridized carbons (Fsp3) is 0.353. The van der Waals surface area contributed by atoms with Crippen molar-refractivity contribution < 1.29 is 13.2 Å². The molecule has 1 unspecified atom stereocenters. The molecular weight excluding hydrogens is 333 g/mol. The molecule has 130 valence electrons. The van der Waals surface area contributed by atoms with E-state index in [0.717, 1.165) is 6.33 Å². The molecule has 2 heterocycles. The first-order chi connectivity index (χ1) is 11.8. The molecule has 8 heteroatoms. The van der Waals surface area contributed by atoms with E-state index in [-0.39, 0.29) is 34.7 Å². The van der Waals surface area contributed by atoms with Gasteiger partial charge in [-0.1, -0.05) is 25.8 Å². The number of halogens is 3. The maximum atomic E-state index is 14.4. The van der Waals surface area contributed by atoms with Gasteiger partial charge in [0.05, 0.1) is 18.6 Å². The number of rotatable bonds is 3. The van der Waals surface area contributed by atoms with Crippen molar-refractivity contribution in [2.24, 2.45) is 0 Å². The van der Waals surface area contributed by atoms with E-state index in [9.17, 15) is 18.0 Å². The van der Waals surface area contributed by atoms with Crippen molar-refractivity contribution in [1.29, 1.82) is 0 Å². The first-order valence-electron chi connectivity index (χ1n) is 7.79. The first kappa shape index (κ1) is 17.0. The molecule has 1 aliphatic heterocycles. The summed E-state index contributed by atoms with van der Waals surface area (Å²) in [6.07, 6.45) is -3.07. The molecule has 2 N–H and O–H groups in total. The van der Waals surface area contributed by atoms with E-state index in [0.29, 0.717) is 12.8 Å². The average Bonchev–Trinajstić information content (AvgIpc) is 2.58. The van der Waals surface area contributed by atoms with E-state index in [1.54, 1.807) is 6.92 Å². The van der Waals surface area contributed by atoms with Gasteiger partial charge in [0.15, 0.2) is 5.69 Å². The summed E-state index contributed by atoms with van der Waals surface area (Å²) in [4.78, 5) is 21.6. The number of fused-ring (bicyclic) bond motifs is 2. The Kier molecular flexibility index (Phi) is 4.03. The summed E-state index contributed by atoms with van der Waals surface area (Å²) < 4.78 is 43.2. The zero-order valence-electron chi connectivity index (χ0n) is 13.4. The zero-order valence-corrected chi connectivity index (χ0v) is 13.4. The summed E-state index contributed by atoms with van der Waals surface area (Å²) in [7, 11) is 0. The van der Waals surface area contributed by atoms with E-state index in [4.69, 9.17) is 6.57 Å². The van der Waals surface area contributed by atoms with Crippen molar-refractivity contribution in [3.63, 3.8) is 0 Å². The Morgan fingerprint density at radius 2 is 2.12 bits per heavy atom. The number of hydrogen-bond acceptors (Lipinski definition) is 3. The number of nitrogens with one attached hydrogen (secondary N) is 2. The highest BCUT2D eigenvalue weighted by Gasteiger charge is 2.61.